The van der Waals surface area contributed by atoms with Crippen LogP contribution >= 0.6 is 0 Å². The minimum atomic E-state index is -0.920. The first kappa shape index (κ1) is 27.1. The Morgan fingerprint density at radius 2 is 0.885 bits per heavy atom. The maximum absolute atomic E-state index is 10.2. The van der Waals surface area contributed by atoms with Crippen LogP contribution in [0.25, 0.3) is 0 Å². The molecular formula is C20H40O6. The van der Waals surface area contributed by atoms with E-state index in [-0.39, 0.29) is 12.8 Å². The van der Waals surface area contributed by atoms with Gasteiger partial charge in [0.25, 0.3) is 0 Å². The summed E-state index contributed by atoms with van der Waals surface area (Å²) < 4.78 is 0. The Balaban J connectivity index is 0. The average Bonchev–Trinajstić information content (AvgIpc) is 2.47. The van der Waals surface area contributed by atoms with Crippen LogP contribution in [0.2, 0.25) is 0 Å². The molecule has 0 aromatic carbocycles. The van der Waals surface area contributed by atoms with Gasteiger partial charge in [0.2, 0.25) is 0 Å². The smallest absolute Gasteiger partial charge is 0.305 e. The van der Waals surface area contributed by atoms with E-state index in [4.69, 9.17) is 10.2 Å². The highest BCUT2D eigenvalue weighted by Crippen LogP contribution is 2.11. The van der Waals surface area contributed by atoms with Gasteiger partial charge in [-0.1, -0.05) is 66.2 Å². The molecule has 0 heterocycles. The van der Waals surface area contributed by atoms with Crippen LogP contribution in [0.15, 0.2) is 0 Å². The highest BCUT2D eigenvalue weighted by Gasteiger charge is 2.09. The molecular weight excluding hydrogens is 336 g/mol. The van der Waals surface area contributed by atoms with Crippen molar-refractivity contribution in [2.45, 2.75) is 104 Å². The Labute approximate surface area is 158 Å². The van der Waals surface area contributed by atoms with Crippen molar-refractivity contribution >= 4 is 11.9 Å². The van der Waals surface area contributed by atoms with Crippen molar-refractivity contribution in [3.8, 4) is 0 Å². The van der Waals surface area contributed by atoms with E-state index >= 15 is 0 Å². The number of carbonyl (C=O) groups is 2. The quantitative estimate of drug-likeness (QED) is 0.340. The summed E-state index contributed by atoms with van der Waals surface area (Å²) in [5, 5.41) is 35.1. The predicted octanol–water partition coefficient (Wildman–Crippen LogP) is 4.08. The summed E-state index contributed by atoms with van der Waals surface area (Å²) in [6.07, 6.45) is 5.96. The van der Waals surface area contributed by atoms with Crippen molar-refractivity contribution in [2.24, 2.45) is 11.8 Å². The molecule has 0 fully saturated rings. The van der Waals surface area contributed by atoms with Gasteiger partial charge in [0.05, 0.1) is 25.0 Å². The highest BCUT2D eigenvalue weighted by atomic mass is 16.4. The molecule has 0 aliphatic rings. The second-order valence-electron chi connectivity index (χ2n) is 7.86. The maximum Gasteiger partial charge on any atom is 0.305 e. The molecule has 156 valence electrons. The summed E-state index contributed by atoms with van der Waals surface area (Å²) in [6, 6.07) is 0. The number of aliphatic carboxylic acids is 2. The summed E-state index contributed by atoms with van der Waals surface area (Å²) in [5.41, 5.74) is 0. The molecule has 0 aromatic heterocycles. The SMILES string of the molecule is CC(C)CCCCC(O)CC(=O)O.CC(C)CCCCC(O)CC(=O)O. The average molecular weight is 377 g/mol. The van der Waals surface area contributed by atoms with E-state index in [0.29, 0.717) is 24.7 Å². The Morgan fingerprint density at radius 3 is 1.12 bits per heavy atom. The Hall–Kier alpha value is -1.14. The molecule has 0 amide bonds. The molecule has 0 aliphatic heterocycles. The van der Waals surface area contributed by atoms with Gasteiger partial charge < -0.3 is 20.4 Å². The zero-order valence-corrected chi connectivity index (χ0v) is 17.0. The van der Waals surface area contributed by atoms with Gasteiger partial charge in [-0.25, -0.2) is 0 Å². The van der Waals surface area contributed by atoms with Crippen LogP contribution in [0.3, 0.4) is 0 Å². The zero-order chi connectivity index (χ0) is 20.5. The minimum Gasteiger partial charge on any atom is -0.481 e. The zero-order valence-electron chi connectivity index (χ0n) is 17.0. The molecule has 0 bridgehead atoms. The molecule has 0 radical (unpaired) electrons. The summed E-state index contributed by atoms with van der Waals surface area (Å²) in [6.45, 7) is 8.64. The topological polar surface area (TPSA) is 115 Å². The first-order chi connectivity index (χ1) is 12.0. The van der Waals surface area contributed by atoms with Gasteiger partial charge in [0.1, 0.15) is 0 Å². The molecule has 0 aliphatic carbocycles. The first-order valence-corrected chi connectivity index (χ1v) is 9.84. The molecule has 2 atom stereocenters. The fraction of sp³-hybridized carbons (Fsp3) is 0.900. The molecule has 0 saturated heterocycles. The maximum atomic E-state index is 10.2. The number of hydrogen-bond donors (Lipinski definition) is 4. The van der Waals surface area contributed by atoms with Gasteiger partial charge in [0.15, 0.2) is 0 Å². The fourth-order valence-electron chi connectivity index (χ4n) is 2.47. The number of unbranched alkanes of at least 4 members (excludes halogenated alkanes) is 2. The molecule has 6 nitrogen and oxygen atoms in total. The van der Waals surface area contributed by atoms with Crippen LogP contribution in [-0.4, -0.2) is 44.6 Å². The third kappa shape index (κ3) is 25.1. The van der Waals surface area contributed by atoms with Crippen molar-refractivity contribution in [3.05, 3.63) is 0 Å². The lowest BCUT2D eigenvalue weighted by atomic mass is 10.0. The molecule has 0 aromatic rings. The van der Waals surface area contributed by atoms with Gasteiger partial charge >= 0.3 is 11.9 Å². The highest BCUT2D eigenvalue weighted by molar-refractivity contribution is 5.67. The molecule has 26 heavy (non-hydrogen) atoms. The second-order valence-corrected chi connectivity index (χ2v) is 7.86. The van der Waals surface area contributed by atoms with E-state index in [2.05, 4.69) is 27.7 Å². The van der Waals surface area contributed by atoms with E-state index in [1.807, 2.05) is 0 Å². The lowest BCUT2D eigenvalue weighted by molar-refractivity contribution is -0.140. The summed E-state index contributed by atoms with van der Waals surface area (Å²) in [4.78, 5) is 20.4. The van der Waals surface area contributed by atoms with E-state index in [1.165, 1.54) is 0 Å². The number of aliphatic hydroxyl groups excluding tert-OH is 2. The van der Waals surface area contributed by atoms with Gasteiger partial charge in [-0.15, -0.1) is 0 Å². The summed E-state index contributed by atoms with van der Waals surface area (Å²) >= 11 is 0. The van der Waals surface area contributed by atoms with E-state index in [1.54, 1.807) is 0 Å². The van der Waals surface area contributed by atoms with Crippen molar-refractivity contribution in [1.82, 2.24) is 0 Å². The largest absolute Gasteiger partial charge is 0.481 e. The van der Waals surface area contributed by atoms with E-state index in [9.17, 15) is 19.8 Å². The minimum absolute atomic E-state index is 0.123. The molecule has 6 heteroatoms. The van der Waals surface area contributed by atoms with Crippen molar-refractivity contribution < 1.29 is 30.0 Å². The number of rotatable bonds is 14. The summed E-state index contributed by atoms with van der Waals surface area (Å²) in [5.74, 6) is -0.457. The Kier molecular flexibility index (Phi) is 18.0. The number of aliphatic hydroxyl groups is 2. The molecule has 0 spiro atoms. The van der Waals surface area contributed by atoms with Crippen molar-refractivity contribution in [3.63, 3.8) is 0 Å². The Bertz CT molecular complexity index is 320. The third-order valence-electron chi connectivity index (χ3n) is 3.96. The van der Waals surface area contributed by atoms with Gasteiger partial charge in [-0.3, -0.25) is 9.59 Å². The van der Waals surface area contributed by atoms with E-state index in [0.717, 1.165) is 38.5 Å². The molecule has 0 rings (SSSR count). The molecule has 0 saturated carbocycles. The van der Waals surface area contributed by atoms with Crippen LogP contribution in [0.5, 0.6) is 0 Å². The van der Waals surface area contributed by atoms with Crippen molar-refractivity contribution in [2.75, 3.05) is 0 Å². The molecule has 4 N–H and O–H groups in total. The predicted molar refractivity (Wildman–Crippen MR) is 103 cm³/mol. The fourth-order valence-corrected chi connectivity index (χ4v) is 2.47. The number of hydrogen-bond acceptors (Lipinski definition) is 4. The van der Waals surface area contributed by atoms with Crippen LogP contribution in [-0.2, 0) is 9.59 Å². The van der Waals surface area contributed by atoms with Crippen LogP contribution < -0.4 is 0 Å². The number of carboxylic acid groups (broad SMARTS) is 2. The number of carboxylic acids is 2. The molecule has 2 unspecified atom stereocenters. The van der Waals surface area contributed by atoms with Crippen molar-refractivity contribution in [1.29, 1.82) is 0 Å². The van der Waals surface area contributed by atoms with Gasteiger partial charge in [-0.2, -0.15) is 0 Å². The second kappa shape index (κ2) is 17.3. The lowest BCUT2D eigenvalue weighted by Gasteiger charge is -2.08. The lowest BCUT2D eigenvalue weighted by Crippen LogP contribution is -2.12. The normalized spacial score (nSPS) is 13.2. The van der Waals surface area contributed by atoms with E-state index < -0.39 is 24.1 Å². The summed E-state index contributed by atoms with van der Waals surface area (Å²) in [7, 11) is 0. The van der Waals surface area contributed by atoms with Gasteiger partial charge in [-0.05, 0) is 24.7 Å². The van der Waals surface area contributed by atoms with Gasteiger partial charge in [0, 0.05) is 0 Å². The van der Waals surface area contributed by atoms with Crippen LogP contribution in [0, 0.1) is 11.8 Å². The first-order valence-electron chi connectivity index (χ1n) is 9.84. The van der Waals surface area contributed by atoms with Crippen LogP contribution in [0.4, 0.5) is 0 Å². The third-order valence-corrected chi connectivity index (χ3v) is 3.96. The Morgan fingerprint density at radius 1 is 0.615 bits per heavy atom. The standard InChI is InChI=1S/2C10H20O3/c2*1-8(2)5-3-4-6-9(11)7-10(12)13/h2*8-9,11H,3-7H2,1-2H3,(H,12,13). The van der Waals surface area contributed by atoms with Crippen LogP contribution in [0.1, 0.15) is 91.9 Å². The monoisotopic (exact) mass is 376 g/mol.